The van der Waals surface area contributed by atoms with Gasteiger partial charge in [-0.15, -0.1) is 0 Å². The molecule has 2 N–H and O–H groups in total. The fourth-order valence-electron chi connectivity index (χ4n) is 1.49. The van der Waals surface area contributed by atoms with Crippen LogP contribution < -0.4 is 5.84 Å². The lowest BCUT2D eigenvalue weighted by atomic mass is 10.1. The molecule has 0 amide bonds. The van der Waals surface area contributed by atoms with Crippen molar-refractivity contribution in [2.24, 2.45) is 5.84 Å². The summed E-state index contributed by atoms with van der Waals surface area (Å²) >= 11 is 0. The fraction of sp³-hybridized carbons (Fsp3) is 1.00. The number of hydrogen-bond acceptors (Lipinski definition) is 3. The van der Waals surface area contributed by atoms with Crippen molar-refractivity contribution in [1.82, 2.24) is 5.01 Å². The average Bonchev–Trinajstić information content (AvgIpc) is 2.78. The number of nitrogens with zero attached hydrogens (tertiary/aromatic N) is 1. The largest absolute Gasteiger partial charge is 0.375 e. The summed E-state index contributed by atoms with van der Waals surface area (Å²) in [5.74, 6) is 5.62. The molecule has 0 aromatic heterocycles. The molecule has 3 nitrogen and oxygen atoms in total. The quantitative estimate of drug-likeness (QED) is 0.592. The minimum atomic E-state index is 0.502. The van der Waals surface area contributed by atoms with Gasteiger partial charge in [-0.05, 0) is 25.7 Å². The van der Waals surface area contributed by atoms with Gasteiger partial charge < -0.3 is 4.74 Å². The van der Waals surface area contributed by atoms with Crippen LogP contribution >= 0.6 is 0 Å². The van der Waals surface area contributed by atoms with Gasteiger partial charge in [0.25, 0.3) is 0 Å². The van der Waals surface area contributed by atoms with E-state index in [2.05, 4.69) is 0 Å². The van der Waals surface area contributed by atoms with Gasteiger partial charge in [0.05, 0.1) is 12.2 Å². The molecule has 0 unspecified atom stereocenters. The molecule has 2 rings (SSSR count). The first-order valence-corrected chi connectivity index (χ1v) is 4.50. The molecule has 0 aromatic rings. The Labute approximate surface area is 67.5 Å². The van der Waals surface area contributed by atoms with Crippen LogP contribution in [0.5, 0.6) is 0 Å². The first-order chi connectivity index (χ1) is 5.34. The lowest BCUT2D eigenvalue weighted by molar-refractivity contribution is -0.00282. The monoisotopic (exact) mass is 156 g/mol. The second kappa shape index (κ2) is 3.09. The van der Waals surface area contributed by atoms with Crippen molar-refractivity contribution in [3.8, 4) is 0 Å². The molecule has 0 atom stereocenters. The zero-order valence-electron chi connectivity index (χ0n) is 6.83. The topological polar surface area (TPSA) is 38.5 Å². The van der Waals surface area contributed by atoms with Crippen LogP contribution in [0.3, 0.4) is 0 Å². The average molecular weight is 156 g/mol. The number of hydrogen-bond donors (Lipinski definition) is 1. The Kier molecular flexibility index (Phi) is 2.11. The molecule has 1 aliphatic heterocycles. The Morgan fingerprint density at radius 2 is 1.55 bits per heavy atom. The molecule has 0 aromatic carbocycles. The zero-order valence-corrected chi connectivity index (χ0v) is 6.83. The predicted molar refractivity (Wildman–Crippen MR) is 42.9 cm³/mol. The third-order valence-corrected chi connectivity index (χ3v) is 2.39. The van der Waals surface area contributed by atoms with E-state index in [1.165, 1.54) is 12.8 Å². The molecular weight excluding hydrogens is 140 g/mol. The Bertz CT molecular complexity index is 128. The summed E-state index contributed by atoms with van der Waals surface area (Å²) < 4.78 is 5.77. The third kappa shape index (κ3) is 2.15. The molecule has 3 heteroatoms. The lowest BCUT2D eigenvalue weighted by Gasteiger charge is -2.28. The van der Waals surface area contributed by atoms with Crippen LogP contribution in [0.15, 0.2) is 0 Å². The molecular formula is C8H16N2O. The highest BCUT2D eigenvalue weighted by Gasteiger charge is 2.27. The highest BCUT2D eigenvalue weighted by molar-refractivity contribution is 4.78. The van der Waals surface area contributed by atoms with Gasteiger partial charge in [0.2, 0.25) is 0 Å². The normalized spacial score (nSPS) is 29.2. The number of piperidine rings is 1. The van der Waals surface area contributed by atoms with Crippen molar-refractivity contribution in [1.29, 1.82) is 0 Å². The maximum absolute atomic E-state index is 5.77. The molecule has 0 spiro atoms. The van der Waals surface area contributed by atoms with E-state index in [0.29, 0.717) is 12.2 Å². The van der Waals surface area contributed by atoms with Crippen molar-refractivity contribution in [2.75, 3.05) is 13.1 Å². The summed E-state index contributed by atoms with van der Waals surface area (Å²) in [4.78, 5) is 0. The Hall–Kier alpha value is -0.120. The smallest absolute Gasteiger partial charge is 0.0604 e. The number of nitrogens with two attached hydrogens (primary N) is 1. The van der Waals surface area contributed by atoms with Crippen molar-refractivity contribution in [3.05, 3.63) is 0 Å². The van der Waals surface area contributed by atoms with Crippen molar-refractivity contribution < 1.29 is 4.74 Å². The van der Waals surface area contributed by atoms with Crippen molar-refractivity contribution in [2.45, 2.75) is 37.9 Å². The first-order valence-electron chi connectivity index (χ1n) is 4.50. The lowest BCUT2D eigenvalue weighted by Crippen LogP contribution is -2.41. The van der Waals surface area contributed by atoms with Gasteiger partial charge in [-0.2, -0.15) is 0 Å². The van der Waals surface area contributed by atoms with E-state index in [4.69, 9.17) is 10.6 Å². The summed E-state index contributed by atoms with van der Waals surface area (Å²) in [5, 5.41) is 1.88. The molecule has 0 radical (unpaired) electrons. The van der Waals surface area contributed by atoms with E-state index in [9.17, 15) is 0 Å². The summed E-state index contributed by atoms with van der Waals surface area (Å²) in [6.07, 6.45) is 5.90. The van der Waals surface area contributed by atoms with Crippen LogP contribution in [0, 0.1) is 0 Å². The summed E-state index contributed by atoms with van der Waals surface area (Å²) in [6, 6.07) is 0. The van der Waals surface area contributed by atoms with Crippen molar-refractivity contribution >= 4 is 0 Å². The molecule has 0 bridgehead atoms. The van der Waals surface area contributed by atoms with E-state index in [1.807, 2.05) is 5.01 Å². The van der Waals surface area contributed by atoms with Crippen LogP contribution in [0.25, 0.3) is 0 Å². The predicted octanol–water partition coefficient (Wildman–Crippen LogP) is 0.503. The second-order valence-electron chi connectivity index (χ2n) is 3.57. The van der Waals surface area contributed by atoms with Gasteiger partial charge in [-0.1, -0.05) is 0 Å². The molecule has 11 heavy (non-hydrogen) atoms. The highest BCUT2D eigenvalue weighted by atomic mass is 16.5. The minimum Gasteiger partial charge on any atom is -0.375 e. The van der Waals surface area contributed by atoms with Crippen LogP contribution in [-0.2, 0) is 4.74 Å². The Morgan fingerprint density at radius 3 is 2.09 bits per heavy atom. The van der Waals surface area contributed by atoms with Gasteiger partial charge >= 0.3 is 0 Å². The third-order valence-electron chi connectivity index (χ3n) is 2.39. The van der Waals surface area contributed by atoms with Gasteiger partial charge in [0, 0.05) is 13.1 Å². The molecule has 1 saturated heterocycles. The van der Waals surface area contributed by atoms with Gasteiger partial charge in [-0.25, -0.2) is 5.01 Å². The molecule has 1 saturated carbocycles. The molecule has 2 fully saturated rings. The Morgan fingerprint density at radius 1 is 1.00 bits per heavy atom. The van der Waals surface area contributed by atoms with Gasteiger partial charge in [0.1, 0.15) is 0 Å². The van der Waals surface area contributed by atoms with Crippen LogP contribution in [-0.4, -0.2) is 30.3 Å². The van der Waals surface area contributed by atoms with E-state index in [-0.39, 0.29) is 0 Å². The fourth-order valence-corrected chi connectivity index (χ4v) is 1.49. The second-order valence-corrected chi connectivity index (χ2v) is 3.57. The van der Waals surface area contributed by atoms with Crippen molar-refractivity contribution in [3.63, 3.8) is 0 Å². The van der Waals surface area contributed by atoms with E-state index in [0.717, 1.165) is 25.9 Å². The SMILES string of the molecule is NN1CCC(OC2CC2)CC1. The standard InChI is InChI=1S/C8H16N2O/c9-10-5-3-8(4-6-10)11-7-1-2-7/h7-8H,1-6,9H2. The molecule has 2 aliphatic rings. The minimum absolute atomic E-state index is 0.502. The van der Waals surface area contributed by atoms with Gasteiger partial charge in [0.15, 0.2) is 0 Å². The van der Waals surface area contributed by atoms with Crippen LogP contribution in [0.2, 0.25) is 0 Å². The first kappa shape index (κ1) is 7.53. The number of rotatable bonds is 2. The molecule has 1 aliphatic carbocycles. The van der Waals surface area contributed by atoms with E-state index < -0.39 is 0 Å². The van der Waals surface area contributed by atoms with Crippen LogP contribution in [0.4, 0.5) is 0 Å². The maximum atomic E-state index is 5.77. The summed E-state index contributed by atoms with van der Waals surface area (Å²) in [6.45, 7) is 1.99. The number of hydrazine groups is 1. The van der Waals surface area contributed by atoms with E-state index >= 15 is 0 Å². The van der Waals surface area contributed by atoms with Crippen LogP contribution in [0.1, 0.15) is 25.7 Å². The highest BCUT2D eigenvalue weighted by Crippen LogP contribution is 2.27. The maximum Gasteiger partial charge on any atom is 0.0604 e. The molecule has 1 heterocycles. The zero-order chi connectivity index (χ0) is 7.68. The van der Waals surface area contributed by atoms with E-state index in [1.54, 1.807) is 0 Å². The van der Waals surface area contributed by atoms with Gasteiger partial charge in [-0.3, -0.25) is 5.84 Å². The summed E-state index contributed by atoms with van der Waals surface area (Å²) in [7, 11) is 0. The summed E-state index contributed by atoms with van der Waals surface area (Å²) in [5.41, 5.74) is 0. The Balaban J connectivity index is 1.69. The molecule has 64 valence electrons. The number of ether oxygens (including phenoxy) is 1.